The summed E-state index contributed by atoms with van der Waals surface area (Å²) in [5, 5.41) is 4.84. The Morgan fingerprint density at radius 1 is 1.07 bits per heavy atom. The highest BCUT2D eigenvalue weighted by Gasteiger charge is 2.17. The second-order valence-corrected chi connectivity index (χ2v) is 6.50. The number of hydrazine groups is 1. The SMILES string of the molecule is O=C(CNC(=O)c1ccccc1)NNC(=O)c1csc(N2CCOCC2)n1. The first-order chi connectivity index (χ1) is 13.1. The third-order valence-electron chi connectivity index (χ3n) is 3.77. The molecule has 1 aromatic heterocycles. The minimum absolute atomic E-state index is 0.218. The van der Waals surface area contributed by atoms with Gasteiger partial charge in [-0.15, -0.1) is 11.3 Å². The molecule has 3 amide bonds. The minimum Gasteiger partial charge on any atom is -0.378 e. The van der Waals surface area contributed by atoms with Crippen LogP contribution in [0.5, 0.6) is 0 Å². The fourth-order valence-electron chi connectivity index (χ4n) is 2.36. The summed E-state index contributed by atoms with van der Waals surface area (Å²) in [5.41, 5.74) is 5.21. The summed E-state index contributed by atoms with van der Waals surface area (Å²) in [6, 6.07) is 8.54. The maximum atomic E-state index is 12.1. The maximum absolute atomic E-state index is 12.1. The van der Waals surface area contributed by atoms with Crippen LogP contribution in [0.15, 0.2) is 35.7 Å². The Bertz CT molecular complexity index is 805. The van der Waals surface area contributed by atoms with Crippen molar-refractivity contribution in [2.45, 2.75) is 0 Å². The van der Waals surface area contributed by atoms with E-state index in [2.05, 4.69) is 21.2 Å². The first kappa shape index (κ1) is 18.8. The first-order valence-corrected chi connectivity index (χ1v) is 9.22. The number of anilines is 1. The van der Waals surface area contributed by atoms with E-state index >= 15 is 0 Å². The zero-order valence-corrected chi connectivity index (χ0v) is 15.3. The van der Waals surface area contributed by atoms with Crippen molar-refractivity contribution in [1.82, 2.24) is 21.2 Å². The average Bonchev–Trinajstić information content (AvgIpc) is 3.22. The number of benzene rings is 1. The van der Waals surface area contributed by atoms with Crippen LogP contribution in [0.25, 0.3) is 0 Å². The quantitative estimate of drug-likeness (QED) is 0.629. The van der Waals surface area contributed by atoms with Crippen LogP contribution in [0.4, 0.5) is 5.13 Å². The maximum Gasteiger partial charge on any atom is 0.289 e. The van der Waals surface area contributed by atoms with E-state index in [0.29, 0.717) is 18.8 Å². The van der Waals surface area contributed by atoms with Gasteiger partial charge in [0.2, 0.25) is 0 Å². The van der Waals surface area contributed by atoms with Gasteiger partial charge in [-0.2, -0.15) is 0 Å². The molecule has 3 rings (SSSR count). The molecular weight excluding hydrogens is 370 g/mol. The number of nitrogens with one attached hydrogen (secondary N) is 3. The Hall–Kier alpha value is -2.98. The van der Waals surface area contributed by atoms with Gasteiger partial charge in [0.25, 0.3) is 17.7 Å². The molecule has 2 aromatic rings. The molecule has 3 N–H and O–H groups in total. The molecule has 2 heterocycles. The molecule has 1 aromatic carbocycles. The molecule has 0 unspecified atom stereocenters. The van der Waals surface area contributed by atoms with Gasteiger partial charge in [-0.05, 0) is 12.1 Å². The Morgan fingerprint density at radius 3 is 2.56 bits per heavy atom. The Labute approximate surface area is 159 Å². The van der Waals surface area contributed by atoms with E-state index in [1.807, 2.05) is 4.90 Å². The van der Waals surface area contributed by atoms with E-state index in [0.717, 1.165) is 18.2 Å². The number of rotatable bonds is 5. The predicted molar refractivity (Wildman–Crippen MR) is 99.5 cm³/mol. The lowest BCUT2D eigenvalue weighted by molar-refractivity contribution is -0.120. The molecular formula is C17H19N5O4S. The van der Waals surface area contributed by atoms with Crippen LogP contribution in [0.3, 0.4) is 0 Å². The standard InChI is InChI=1S/C17H19N5O4S/c23-14(10-18-15(24)12-4-2-1-3-5-12)20-21-16(25)13-11-27-17(19-13)22-6-8-26-9-7-22/h1-5,11H,6-10H2,(H,18,24)(H,20,23)(H,21,25). The number of thiazole rings is 1. The van der Waals surface area contributed by atoms with Gasteiger partial charge in [-0.25, -0.2) is 4.98 Å². The number of aromatic nitrogens is 1. The number of amides is 3. The number of hydrogen-bond acceptors (Lipinski definition) is 7. The highest BCUT2D eigenvalue weighted by Crippen LogP contribution is 2.21. The summed E-state index contributed by atoms with van der Waals surface area (Å²) in [6.45, 7) is 2.46. The van der Waals surface area contributed by atoms with Crippen LogP contribution in [-0.2, 0) is 9.53 Å². The van der Waals surface area contributed by atoms with Crippen molar-refractivity contribution in [3.63, 3.8) is 0 Å². The van der Waals surface area contributed by atoms with Crippen LogP contribution in [0.2, 0.25) is 0 Å². The van der Waals surface area contributed by atoms with Crippen molar-refractivity contribution in [2.24, 2.45) is 0 Å². The summed E-state index contributed by atoms with van der Waals surface area (Å²) in [6.07, 6.45) is 0. The number of nitrogens with zero attached hydrogens (tertiary/aromatic N) is 2. The number of carbonyl (C=O) groups excluding carboxylic acids is 3. The van der Waals surface area contributed by atoms with Crippen molar-refractivity contribution in [2.75, 3.05) is 37.7 Å². The van der Waals surface area contributed by atoms with Gasteiger partial charge in [0.15, 0.2) is 5.13 Å². The van der Waals surface area contributed by atoms with Crippen molar-refractivity contribution in [1.29, 1.82) is 0 Å². The lowest BCUT2D eigenvalue weighted by atomic mass is 10.2. The van der Waals surface area contributed by atoms with E-state index in [1.165, 1.54) is 11.3 Å². The Balaban J connectivity index is 1.42. The van der Waals surface area contributed by atoms with Gasteiger partial charge < -0.3 is 15.0 Å². The molecule has 1 fully saturated rings. The molecule has 0 bridgehead atoms. The highest BCUT2D eigenvalue weighted by molar-refractivity contribution is 7.13. The number of morpholine rings is 1. The molecule has 0 spiro atoms. The highest BCUT2D eigenvalue weighted by atomic mass is 32.1. The van der Waals surface area contributed by atoms with Gasteiger partial charge >= 0.3 is 0 Å². The second-order valence-electron chi connectivity index (χ2n) is 5.67. The largest absolute Gasteiger partial charge is 0.378 e. The minimum atomic E-state index is -0.545. The molecule has 1 saturated heterocycles. The molecule has 0 atom stereocenters. The van der Waals surface area contributed by atoms with Gasteiger partial charge in [-0.3, -0.25) is 25.2 Å². The normalized spacial score (nSPS) is 13.7. The first-order valence-electron chi connectivity index (χ1n) is 8.34. The lowest BCUT2D eigenvalue weighted by Gasteiger charge is -2.25. The zero-order valence-electron chi connectivity index (χ0n) is 14.4. The zero-order chi connectivity index (χ0) is 19.1. The predicted octanol–water partition coefficient (Wildman–Crippen LogP) is 0.171. The van der Waals surface area contributed by atoms with E-state index < -0.39 is 11.8 Å². The molecule has 142 valence electrons. The molecule has 0 radical (unpaired) electrons. The Kier molecular flexibility index (Phi) is 6.34. The number of ether oxygens (including phenoxy) is 1. The summed E-state index contributed by atoms with van der Waals surface area (Å²) >= 11 is 1.36. The van der Waals surface area contributed by atoms with E-state index in [9.17, 15) is 14.4 Å². The van der Waals surface area contributed by atoms with Crippen LogP contribution in [-0.4, -0.2) is 55.6 Å². The van der Waals surface area contributed by atoms with E-state index in [1.54, 1.807) is 35.7 Å². The molecule has 10 heteroatoms. The monoisotopic (exact) mass is 389 g/mol. The van der Waals surface area contributed by atoms with Crippen molar-refractivity contribution >= 4 is 34.2 Å². The van der Waals surface area contributed by atoms with E-state index in [4.69, 9.17) is 4.74 Å². The molecule has 27 heavy (non-hydrogen) atoms. The molecule has 0 saturated carbocycles. The fraction of sp³-hybridized carbons (Fsp3) is 0.294. The molecule has 1 aliphatic rings. The third kappa shape index (κ3) is 5.25. The summed E-state index contributed by atoms with van der Waals surface area (Å²) in [7, 11) is 0. The Morgan fingerprint density at radius 2 is 1.81 bits per heavy atom. The van der Waals surface area contributed by atoms with E-state index in [-0.39, 0.29) is 18.1 Å². The molecule has 1 aliphatic heterocycles. The summed E-state index contributed by atoms with van der Waals surface area (Å²) in [4.78, 5) is 42.1. The van der Waals surface area contributed by atoms with Gasteiger partial charge in [0.05, 0.1) is 19.8 Å². The van der Waals surface area contributed by atoms with Crippen LogP contribution >= 0.6 is 11.3 Å². The second kappa shape index (κ2) is 9.10. The number of hydrogen-bond donors (Lipinski definition) is 3. The van der Waals surface area contributed by atoms with Crippen molar-refractivity contribution < 1.29 is 19.1 Å². The lowest BCUT2D eigenvalue weighted by Crippen LogP contribution is -2.46. The summed E-state index contributed by atoms with van der Waals surface area (Å²) < 4.78 is 5.29. The molecule has 0 aliphatic carbocycles. The molecule has 9 nitrogen and oxygen atoms in total. The number of carbonyl (C=O) groups is 3. The smallest absolute Gasteiger partial charge is 0.289 e. The van der Waals surface area contributed by atoms with Crippen LogP contribution in [0.1, 0.15) is 20.8 Å². The fourth-order valence-corrected chi connectivity index (χ4v) is 3.21. The van der Waals surface area contributed by atoms with Crippen molar-refractivity contribution in [3.05, 3.63) is 47.0 Å². The van der Waals surface area contributed by atoms with Gasteiger partial charge in [-0.1, -0.05) is 18.2 Å². The summed E-state index contributed by atoms with van der Waals surface area (Å²) in [5.74, 6) is -1.43. The average molecular weight is 389 g/mol. The topological polar surface area (TPSA) is 113 Å². The van der Waals surface area contributed by atoms with Crippen LogP contribution in [0, 0.1) is 0 Å². The van der Waals surface area contributed by atoms with Crippen LogP contribution < -0.4 is 21.1 Å². The van der Waals surface area contributed by atoms with Gasteiger partial charge in [0.1, 0.15) is 5.69 Å². The third-order valence-corrected chi connectivity index (χ3v) is 4.67. The van der Waals surface area contributed by atoms with Gasteiger partial charge in [0, 0.05) is 24.0 Å². The van der Waals surface area contributed by atoms with Crippen molar-refractivity contribution in [3.8, 4) is 0 Å².